The summed E-state index contributed by atoms with van der Waals surface area (Å²) in [4.78, 5) is 31.2. The van der Waals surface area contributed by atoms with Gasteiger partial charge >= 0.3 is 6.09 Å². The number of pyridine rings is 1. The second-order valence-electron chi connectivity index (χ2n) is 5.47. The van der Waals surface area contributed by atoms with E-state index >= 15 is 0 Å². The summed E-state index contributed by atoms with van der Waals surface area (Å²) in [6.07, 6.45) is 4.70. The molecule has 2 amide bonds. The number of halogens is 1. The zero-order valence-electron chi connectivity index (χ0n) is 15.1. The number of amides is 2. The molecule has 0 fully saturated rings. The molecule has 0 saturated carbocycles. The van der Waals surface area contributed by atoms with Crippen LogP contribution in [-0.4, -0.2) is 58.4 Å². The third-order valence-electron chi connectivity index (χ3n) is 3.71. The van der Waals surface area contributed by atoms with Crippen molar-refractivity contribution in [3.8, 4) is 5.69 Å². The van der Waals surface area contributed by atoms with E-state index in [9.17, 15) is 9.59 Å². The number of anilines is 1. The second-order valence-corrected chi connectivity index (χ2v) is 5.83. The van der Waals surface area contributed by atoms with Gasteiger partial charge in [0.05, 0.1) is 24.7 Å². The number of aromatic nitrogens is 3. The first-order valence-electron chi connectivity index (χ1n) is 8.31. The van der Waals surface area contributed by atoms with Gasteiger partial charge in [-0.1, -0.05) is 11.6 Å². The highest BCUT2D eigenvalue weighted by Gasteiger charge is 2.21. The molecule has 2 aromatic rings. The number of nitrogens with zero attached hydrogens (tertiary/aromatic N) is 5. The molecule has 0 N–H and O–H groups in total. The Morgan fingerprint density at radius 1 is 1.35 bits per heavy atom. The Kier molecular flexibility index (Phi) is 6.97. The van der Waals surface area contributed by atoms with E-state index in [1.165, 1.54) is 4.90 Å². The normalized spacial score (nSPS) is 10.5. The third kappa shape index (κ3) is 4.72. The first-order chi connectivity index (χ1) is 12.5. The molecule has 2 rings (SSSR count). The quantitative estimate of drug-likeness (QED) is 0.738. The highest BCUT2D eigenvalue weighted by atomic mass is 35.5. The summed E-state index contributed by atoms with van der Waals surface area (Å²) in [7, 11) is 1.59. The molecule has 0 spiro atoms. The van der Waals surface area contributed by atoms with Crippen LogP contribution in [0.15, 0.2) is 30.7 Å². The molecule has 0 radical (unpaired) electrons. The molecule has 0 aliphatic rings. The van der Waals surface area contributed by atoms with E-state index in [1.54, 1.807) is 48.2 Å². The van der Waals surface area contributed by atoms with Gasteiger partial charge in [-0.3, -0.25) is 9.78 Å². The number of hydrogen-bond acceptors (Lipinski definition) is 5. The fourth-order valence-electron chi connectivity index (χ4n) is 2.35. The maximum Gasteiger partial charge on any atom is 0.409 e. The topological polar surface area (TPSA) is 80.6 Å². The van der Waals surface area contributed by atoms with E-state index < -0.39 is 6.09 Å². The Balaban J connectivity index is 2.09. The van der Waals surface area contributed by atoms with Crippen molar-refractivity contribution in [2.75, 3.05) is 31.6 Å². The van der Waals surface area contributed by atoms with Gasteiger partial charge in [0.1, 0.15) is 5.69 Å². The summed E-state index contributed by atoms with van der Waals surface area (Å²) < 4.78 is 6.48. The van der Waals surface area contributed by atoms with Gasteiger partial charge in [0.15, 0.2) is 5.15 Å². The highest BCUT2D eigenvalue weighted by Crippen LogP contribution is 2.26. The van der Waals surface area contributed by atoms with Gasteiger partial charge in [0.25, 0.3) is 0 Å². The van der Waals surface area contributed by atoms with Crippen LogP contribution in [0.4, 0.5) is 10.5 Å². The molecule has 8 nitrogen and oxygen atoms in total. The summed E-state index contributed by atoms with van der Waals surface area (Å²) in [6.45, 7) is 4.56. The van der Waals surface area contributed by atoms with Crippen LogP contribution in [0.25, 0.3) is 5.69 Å². The van der Waals surface area contributed by atoms with Crippen molar-refractivity contribution in [3.63, 3.8) is 0 Å². The van der Waals surface area contributed by atoms with Crippen LogP contribution in [0.1, 0.15) is 20.3 Å². The van der Waals surface area contributed by atoms with E-state index in [0.717, 1.165) is 5.69 Å². The lowest BCUT2D eigenvalue weighted by atomic mass is 10.3. The van der Waals surface area contributed by atoms with Gasteiger partial charge in [-0.2, -0.15) is 5.10 Å². The Hall–Kier alpha value is -2.61. The van der Waals surface area contributed by atoms with Gasteiger partial charge in [0.2, 0.25) is 5.91 Å². The minimum absolute atomic E-state index is 0.150. The van der Waals surface area contributed by atoms with Crippen molar-refractivity contribution >= 4 is 29.3 Å². The second kappa shape index (κ2) is 9.19. The molecule has 0 aliphatic carbocycles. The number of rotatable bonds is 7. The van der Waals surface area contributed by atoms with Crippen molar-refractivity contribution in [2.45, 2.75) is 20.3 Å². The van der Waals surface area contributed by atoms with E-state index in [-0.39, 0.29) is 24.0 Å². The first-order valence-corrected chi connectivity index (χ1v) is 8.69. The van der Waals surface area contributed by atoms with Gasteiger partial charge in [-0.05, 0) is 26.0 Å². The fraction of sp³-hybridized carbons (Fsp3) is 0.412. The molecule has 26 heavy (non-hydrogen) atoms. The molecule has 0 aromatic carbocycles. The van der Waals surface area contributed by atoms with Crippen molar-refractivity contribution in [1.82, 2.24) is 19.7 Å². The van der Waals surface area contributed by atoms with E-state index in [2.05, 4.69) is 10.1 Å². The van der Waals surface area contributed by atoms with Crippen molar-refractivity contribution in [1.29, 1.82) is 0 Å². The van der Waals surface area contributed by atoms with E-state index in [0.29, 0.717) is 18.8 Å². The zero-order chi connectivity index (χ0) is 19.1. The summed E-state index contributed by atoms with van der Waals surface area (Å²) in [5.74, 6) is -0.156. The third-order valence-corrected chi connectivity index (χ3v) is 3.98. The predicted octanol–water partition coefficient (Wildman–Crippen LogP) is 2.75. The smallest absolute Gasteiger partial charge is 0.409 e. The first kappa shape index (κ1) is 19.7. The summed E-state index contributed by atoms with van der Waals surface area (Å²) in [5.41, 5.74) is 1.26. The summed E-state index contributed by atoms with van der Waals surface area (Å²) in [6, 6.07) is 3.63. The molecular weight excluding hydrogens is 358 g/mol. The Morgan fingerprint density at radius 3 is 2.73 bits per heavy atom. The summed E-state index contributed by atoms with van der Waals surface area (Å²) in [5, 5.41) is 4.47. The van der Waals surface area contributed by atoms with E-state index in [4.69, 9.17) is 16.3 Å². The largest absolute Gasteiger partial charge is 0.450 e. The minimum atomic E-state index is -0.453. The molecule has 0 atom stereocenters. The standard InChI is InChI=1S/C17H22ClN5O3/c1-4-22(15(24)8-10-21(3)17(25)26-5-2)14-12-23(20-16(14)18)13-7-6-9-19-11-13/h6-7,9,11-12H,4-5,8,10H2,1-3H3. The SMILES string of the molecule is CCOC(=O)N(C)CCC(=O)N(CC)c1cn(-c2cccnc2)nc1Cl. The summed E-state index contributed by atoms with van der Waals surface area (Å²) >= 11 is 6.24. The number of hydrogen-bond donors (Lipinski definition) is 0. The van der Waals surface area contributed by atoms with E-state index in [1.807, 2.05) is 13.0 Å². The molecule has 0 saturated heterocycles. The number of ether oxygens (including phenoxy) is 1. The monoisotopic (exact) mass is 379 g/mol. The average molecular weight is 380 g/mol. The Morgan fingerprint density at radius 2 is 2.12 bits per heavy atom. The van der Waals surface area contributed by atoms with Gasteiger partial charge < -0.3 is 14.5 Å². The molecule has 0 aliphatic heterocycles. The zero-order valence-corrected chi connectivity index (χ0v) is 15.8. The van der Waals surface area contributed by atoms with Crippen LogP contribution in [-0.2, 0) is 9.53 Å². The molecule has 0 bridgehead atoms. The molecule has 0 unspecified atom stereocenters. The maximum atomic E-state index is 12.6. The van der Waals surface area contributed by atoms with Gasteiger partial charge in [-0.25, -0.2) is 9.48 Å². The van der Waals surface area contributed by atoms with Gasteiger partial charge in [-0.15, -0.1) is 0 Å². The molecule has 140 valence electrons. The van der Waals surface area contributed by atoms with Crippen molar-refractivity contribution in [2.24, 2.45) is 0 Å². The molecule has 9 heteroatoms. The van der Waals surface area contributed by atoms with Crippen LogP contribution in [0, 0.1) is 0 Å². The number of carbonyl (C=O) groups is 2. The molecular formula is C17H22ClN5O3. The Bertz CT molecular complexity index is 750. The van der Waals surface area contributed by atoms with Crippen LogP contribution >= 0.6 is 11.6 Å². The van der Waals surface area contributed by atoms with Crippen LogP contribution in [0.3, 0.4) is 0 Å². The number of carbonyl (C=O) groups excluding carboxylic acids is 2. The van der Waals surface area contributed by atoms with Crippen molar-refractivity contribution < 1.29 is 14.3 Å². The van der Waals surface area contributed by atoms with Crippen LogP contribution in [0.2, 0.25) is 5.15 Å². The lowest BCUT2D eigenvalue weighted by molar-refractivity contribution is -0.118. The van der Waals surface area contributed by atoms with Gasteiger partial charge in [0, 0.05) is 32.8 Å². The molecule has 2 heterocycles. The average Bonchev–Trinajstić information content (AvgIpc) is 3.03. The lowest BCUT2D eigenvalue weighted by Gasteiger charge is -2.21. The fourth-order valence-corrected chi connectivity index (χ4v) is 2.58. The van der Waals surface area contributed by atoms with Crippen molar-refractivity contribution in [3.05, 3.63) is 35.9 Å². The highest BCUT2D eigenvalue weighted by molar-refractivity contribution is 6.32. The minimum Gasteiger partial charge on any atom is -0.450 e. The van der Waals surface area contributed by atoms with Crippen LogP contribution in [0.5, 0.6) is 0 Å². The van der Waals surface area contributed by atoms with Crippen LogP contribution < -0.4 is 4.90 Å². The molecule has 2 aromatic heterocycles. The predicted molar refractivity (Wildman–Crippen MR) is 98.7 cm³/mol. The lowest BCUT2D eigenvalue weighted by Crippen LogP contribution is -2.35. The Labute approximate surface area is 157 Å². The maximum absolute atomic E-state index is 12.6.